The van der Waals surface area contributed by atoms with E-state index in [1.54, 1.807) is 13.8 Å². The average molecular weight is 512 g/mol. The van der Waals surface area contributed by atoms with Crippen molar-refractivity contribution in [2.45, 2.75) is 70.9 Å². The van der Waals surface area contributed by atoms with Crippen LogP contribution in [0.2, 0.25) is 0 Å². The summed E-state index contributed by atoms with van der Waals surface area (Å²) in [5, 5.41) is 16.7. The van der Waals surface area contributed by atoms with Crippen molar-refractivity contribution < 1.29 is 24.2 Å². The number of ether oxygens (including phenoxy) is 2. The van der Waals surface area contributed by atoms with Crippen molar-refractivity contribution in [3.05, 3.63) is 53.6 Å². The minimum absolute atomic E-state index is 0.0481. The summed E-state index contributed by atoms with van der Waals surface area (Å²) >= 11 is 0. The summed E-state index contributed by atoms with van der Waals surface area (Å²) in [6.45, 7) is 9.29. The van der Waals surface area contributed by atoms with Crippen molar-refractivity contribution in [2.75, 3.05) is 42.4 Å². The molecule has 202 valence electrons. The first kappa shape index (κ1) is 28.5. The summed E-state index contributed by atoms with van der Waals surface area (Å²) in [4.78, 5) is 27.3. The lowest BCUT2D eigenvalue weighted by molar-refractivity contribution is -0.141. The molecule has 0 radical (unpaired) electrons. The van der Waals surface area contributed by atoms with Crippen molar-refractivity contribution >= 4 is 29.1 Å². The number of amides is 2. The van der Waals surface area contributed by atoms with E-state index in [1.165, 1.54) is 7.11 Å². The number of benzene rings is 2. The first-order valence-corrected chi connectivity index (χ1v) is 13.0. The maximum atomic E-state index is 13.1. The molecule has 3 rings (SSSR count). The van der Waals surface area contributed by atoms with Crippen molar-refractivity contribution in [1.82, 2.24) is 0 Å². The molecule has 1 aliphatic heterocycles. The van der Waals surface area contributed by atoms with E-state index in [0.29, 0.717) is 31.1 Å². The Labute approximate surface area is 220 Å². The number of urea groups is 1. The summed E-state index contributed by atoms with van der Waals surface area (Å²) in [5.41, 5.74) is 3.24. The van der Waals surface area contributed by atoms with Crippen LogP contribution in [0.1, 0.15) is 63.5 Å². The fourth-order valence-electron chi connectivity index (χ4n) is 4.69. The number of carbonyl (C=O) groups is 2. The Morgan fingerprint density at radius 1 is 1.14 bits per heavy atom. The van der Waals surface area contributed by atoms with Crippen molar-refractivity contribution in [3.63, 3.8) is 0 Å². The van der Waals surface area contributed by atoms with E-state index >= 15 is 0 Å². The minimum atomic E-state index is -0.949. The zero-order valence-electron chi connectivity index (χ0n) is 22.7. The SMILES string of the molecule is CC[C@@H](CC(=O)OC)c1ccc(N(CC(C)(C)O)C2CCOCC2)c(NC(=O)Nc2ccc(C)cc2)c1. The minimum Gasteiger partial charge on any atom is -0.469 e. The van der Waals surface area contributed by atoms with Crippen molar-refractivity contribution in [2.24, 2.45) is 0 Å². The highest BCUT2D eigenvalue weighted by Crippen LogP contribution is 2.36. The third-order valence-electron chi connectivity index (χ3n) is 6.68. The number of aliphatic hydroxyl groups is 1. The van der Waals surface area contributed by atoms with Crippen LogP contribution in [0.15, 0.2) is 42.5 Å². The number of nitrogens with one attached hydrogen (secondary N) is 2. The van der Waals surface area contributed by atoms with Crippen molar-refractivity contribution in [3.8, 4) is 0 Å². The first-order chi connectivity index (χ1) is 17.6. The molecule has 8 heteroatoms. The molecule has 0 bridgehead atoms. The predicted molar refractivity (Wildman–Crippen MR) is 147 cm³/mol. The summed E-state index contributed by atoms with van der Waals surface area (Å²) in [6, 6.07) is 13.3. The van der Waals surface area contributed by atoms with Crippen LogP contribution in [0, 0.1) is 6.92 Å². The Bertz CT molecular complexity index is 1040. The number of rotatable bonds is 10. The van der Waals surface area contributed by atoms with Gasteiger partial charge < -0.3 is 30.1 Å². The monoisotopic (exact) mass is 511 g/mol. The van der Waals surface area contributed by atoms with E-state index in [0.717, 1.165) is 36.1 Å². The Hall–Kier alpha value is -3.10. The summed E-state index contributed by atoms with van der Waals surface area (Å²) in [5.74, 6) is -0.318. The van der Waals surface area contributed by atoms with Gasteiger partial charge in [-0.1, -0.05) is 30.7 Å². The van der Waals surface area contributed by atoms with Gasteiger partial charge in [0, 0.05) is 31.5 Å². The topological polar surface area (TPSA) is 100 Å². The molecule has 0 aromatic heterocycles. The lowest BCUT2D eigenvalue weighted by Crippen LogP contribution is -2.47. The second-order valence-corrected chi connectivity index (χ2v) is 10.4. The molecular weight excluding hydrogens is 470 g/mol. The number of methoxy groups -OCH3 is 1. The highest BCUT2D eigenvalue weighted by molar-refractivity contribution is 6.02. The van der Waals surface area contributed by atoms with Crippen LogP contribution in [0.25, 0.3) is 0 Å². The standard InChI is InChI=1S/C29H41N3O5/c1-6-21(18-27(33)36-5)22-9-12-26(32(19-29(3,4)35)24-13-15-37-16-14-24)25(17-22)31-28(34)30-23-10-7-20(2)8-11-23/h7-12,17,21,24,35H,6,13-16,18-19H2,1-5H3,(H2,30,31,34)/t21-/m0/s1. The maximum Gasteiger partial charge on any atom is 0.323 e. The molecule has 8 nitrogen and oxygen atoms in total. The van der Waals surface area contributed by atoms with Gasteiger partial charge in [0.1, 0.15) is 0 Å². The summed E-state index contributed by atoms with van der Waals surface area (Å²) in [7, 11) is 1.39. The predicted octanol–water partition coefficient (Wildman–Crippen LogP) is 5.45. The number of carbonyl (C=O) groups excluding carboxylic acids is 2. The zero-order chi connectivity index (χ0) is 27.0. The first-order valence-electron chi connectivity index (χ1n) is 13.0. The largest absolute Gasteiger partial charge is 0.469 e. The van der Waals surface area contributed by atoms with Gasteiger partial charge in [-0.2, -0.15) is 0 Å². The average Bonchev–Trinajstić information content (AvgIpc) is 2.87. The molecule has 2 aromatic carbocycles. The number of aryl methyl sites for hydroxylation is 1. The molecule has 0 saturated carbocycles. The van der Waals surface area contributed by atoms with Crippen LogP contribution >= 0.6 is 0 Å². The van der Waals surface area contributed by atoms with Gasteiger partial charge in [-0.3, -0.25) is 4.79 Å². The Morgan fingerprint density at radius 2 is 1.81 bits per heavy atom. The fraction of sp³-hybridized carbons (Fsp3) is 0.517. The summed E-state index contributed by atoms with van der Waals surface area (Å²) < 4.78 is 10.5. The molecule has 1 fully saturated rings. The lowest BCUT2D eigenvalue weighted by atomic mass is 9.92. The van der Waals surface area contributed by atoms with Crippen LogP contribution in [-0.2, 0) is 14.3 Å². The van der Waals surface area contributed by atoms with Gasteiger partial charge in [0.25, 0.3) is 0 Å². The zero-order valence-corrected chi connectivity index (χ0v) is 22.7. The number of nitrogens with zero attached hydrogens (tertiary/aromatic N) is 1. The Balaban J connectivity index is 1.99. The van der Waals surface area contributed by atoms with Crippen LogP contribution in [0.5, 0.6) is 0 Å². The third-order valence-corrected chi connectivity index (χ3v) is 6.68. The normalized spacial score (nSPS) is 15.1. The van der Waals surface area contributed by atoms with Gasteiger partial charge in [-0.25, -0.2) is 4.79 Å². The fourth-order valence-corrected chi connectivity index (χ4v) is 4.69. The van der Waals surface area contributed by atoms with Crippen LogP contribution < -0.4 is 15.5 Å². The molecule has 37 heavy (non-hydrogen) atoms. The Kier molecular flexibility index (Phi) is 9.94. The van der Waals surface area contributed by atoms with E-state index in [4.69, 9.17) is 9.47 Å². The van der Waals surface area contributed by atoms with Gasteiger partial charge in [0.05, 0.1) is 30.5 Å². The molecule has 1 saturated heterocycles. The van der Waals surface area contributed by atoms with Gasteiger partial charge in [-0.05, 0) is 75.8 Å². The van der Waals surface area contributed by atoms with E-state index in [9.17, 15) is 14.7 Å². The summed E-state index contributed by atoms with van der Waals surface area (Å²) in [6.07, 6.45) is 2.66. The third kappa shape index (κ3) is 8.47. The van der Waals surface area contributed by atoms with Gasteiger partial charge in [-0.15, -0.1) is 0 Å². The van der Waals surface area contributed by atoms with E-state index < -0.39 is 5.60 Å². The smallest absolute Gasteiger partial charge is 0.323 e. The van der Waals surface area contributed by atoms with E-state index in [1.807, 2.05) is 56.3 Å². The molecule has 0 unspecified atom stereocenters. The highest BCUT2D eigenvalue weighted by Gasteiger charge is 2.29. The van der Waals surface area contributed by atoms with Crippen LogP contribution in [0.4, 0.5) is 21.9 Å². The van der Waals surface area contributed by atoms with Crippen LogP contribution in [-0.4, -0.2) is 55.6 Å². The maximum absolute atomic E-state index is 13.1. The molecule has 2 aromatic rings. The van der Waals surface area contributed by atoms with Crippen molar-refractivity contribution in [1.29, 1.82) is 0 Å². The molecule has 3 N–H and O–H groups in total. The Morgan fingerprint density at radius 3 is 2.41 bits per heavy atom. The van der Waals surface area contributed by atoms with Crippen LogP contribution in [0.3, 0.4) is 0 Å². The van der Waals surface area contributed by atoms with Gasteiger partial charge in [0.15, 0.2) is 0 Å². The molecular formula is C29H41N3O5. The molecule has 0 spiro atoms. The van der Waals surface area contributed by atoms with E-state index in [2.05, 4.69) is 15.5 Å². The second kappa shape index (κ2) is 12.9. The molecule has 0 aliphatic carbocycles. The molecule has 1 heterocycles. The highest BCUT2D eigenvalue weighted by atomic mass is 16.5. The molecule has 1 aliphatic rings. The molecule has 1 atom stereocenters. The lowest BCUT2D eigenvalue weighted by Gasteiger charge is -2.40. The number of hydrogen-bond donors (Lipinski definition) is 3. The second-order valence-electron chi connectivity index (χ2n) is 10.4. The van der Waals surface area contributed by atoms with Gasteiger partial charge >= 0.3 is 12.0 Å². The molecule has 2 amide bonds. The number of esters is 1. The number of anilines is 3. The quantitative estimate of drug-likeness (QED) is 0.367. The number of hydrogen-bond acceptors (Lipinski definition) is 6. The van der Waals surface area contributed by atoms with E-state index in [-0.39, 0.29) is 30.4 Å². The van der Waals surface area contributed by atoms with Gasteiger partial charge in [0.2, 0.25) is 0 Å².